The van der Waals surface area contributed by atoms with Gasteiger partial charge in [0.25, 0.3) is 5.91 Å². The number of carbonyl (C=O) groups is 2. The van der Waals surface area contributed by atoms with Gasteiger partial charge in [0.15, 0.2) is 18.3 Å². The SMILES string of the molecule is NCCCCNC(=O)[C@@H](O)[C@H]1OC(=O)[C@H](O)[C@H]1O. The molecule has 1 aliphatic rings. The molecule has 0 radical (unpaired) electrons. The number of esters is 1. The first kappa shape index (κ1) is 14.8. The van der Waals surface area contributed by atoms with Gasteiger partial charge in [0.05, 0.1) is 0 Å². The predicted octanol–water partition coefficient (Wildman–Crippen LogP) is -3.15. The van der Waals surface area contributed by atoms with Crippen LogP contribution in [0.4, 0.5) is 0 Å². The summed E-state index contributed by atoms with van der Waals surface area (Å²) in [5, 5.41) is 30.5. The smallest absolute Gasteiger partial charge is 0.338 e. The van der Waals surface area contributed by atoms with Gasteiger partial charge in [0, 0.05) is 6.54 Å². The average Bonchev–Trinajstić information content (AvgIpc) is 2.61. The van der Waals surface area contributed by atoms with Crippen LogP contribution >= 0.6 is 0 Å². The number of ether oxygens (including phenoxy) is 1. The molecular formula is C10H18N2O6. The first-order valence-corrected chi connectivity index (χ1v) is 5.71. The Morgan fingerprint density at radius 1 is 1.44 bits per heavy atom. The number of amides is 1. The Bertz CT molecular complexity index is 311. The highest BCUT2D eigenvalue weighted by Gasteiger charge is 2.48. The number of nitrogens with one attached hydrogen (secondary N) is 1. The molecule has 1 saturated heterocycles. The fourth-order valence-electron chi connectivity index (χ4n) is 1.58. The Kier molecular flexibility index (Phi) is 5.48. The molecule has 0 spiro atoms. The van der Waals surface area contributed by atoms with Gasteiger partial charge in [0.1, 0.15) is 6.10 Å². The second-order valence-electron chi connectivity index (χ2n) is 4.07. The van der Waals surface area contributed by atoms with Crippen molar-refractivity contribution in [1.29, 1.82) is 0 Å². The number of rotatable bonds is 6. The van der Waals surface area contributed by atoms with Gasteiger partial charge in [0.2, 0.25) is 0 Å². The Labute approximate surface area is 104 Å². The van der Waals surface area contributed by atoms with Gasteiger partial charge in [-0.2, -0.15) is 0 Å². The zero-order valence-electron chi connectivity index (χ0n) is 9.78. The van der Waals surface area contributed by atoms with Crippen LogP contribution in [0.2, 0.25) is 0 Å². The van der Waals surface area contributed by atoms with E-state index in [1.807, 2.05) is 0 Å². The maximum Gasteiger partial charge on any atom is 0.338 e. The lowest BCUT2D eigenvalue weighted by Crippen LogP contribution is -2.47. The average molecular weight is 262 g/mol. The molecule has 0 aromatic carbocycles. The fourth-order valence-corrected chi connectivity index (χ4v) is 1.58. The summed E-state index contributed by atoms with van der Waals surface area (Å²) in [5.74, 6) is -1.82. The molecule has 6 N–H and O–H groups in total. The van der Waals surface area contributed by atoms with Crippen LogP contribution in [-0.4, -0.2) is 64.7 Å². The van der Waals surface area contributed by atoms with E-state index in [0.29, 0.717) is 19.5 Å². The Balaban J connectivity index is 2.42. The molecule has 1 heterocycles. The minimum Gasteiger partial charge on any atom is -0.454 e. The third kappa shape index (κ3) is 3.39. The van der Waals surface area contributed by atoms with E-state index in [9.17, 15) is 19.8 Å². The summed E-state index contributed by atoms with van der Waals surface area (Å²) in [6.45, 7) is 0.829. The molecule has 4 atom stereocenters. The third-order valence-corrected chi connectivity index (χ3v) is 2.66. The largest absolute Gasteiger partial charge is 0.454 e. The third-order valence-electron chi connectivity index (χ3n) is 2.66. The molecule has 1 fully saturated rings. The maximum atomic E-state index is 11.5. The number of hydrogen-bond donors (Lipinski definition) is 5. The van der Waals surface area contributed by atoms with Crippen molar-refractivity contribution in [2.75, 3.05) is 13.1 Å². The quantitative estimate of drug-likeness (QED) is 0.251. The van der Waals surface area contributed by atoms with Crippen molar-refractivity contribution >= 4 is 11.9 Å². The number of unbranched alkanes of at least 4 members (excludes halogenated alkanes) is 1. The molecule has 0 unspecified atom stereocenters. The standard InChI is InChI=1S/C10H18N2O6/c11-3-1-2-4-12-9(16)7(15)8-5(13)6(14)10(17)18-8/h5-8,13-15H,1-4,11H2,(H,12,16)/t5-,6-,7+,8+/m1/s1. The van der Waals surface area contributed by atoms with Crippen LogP contribution in [0, 0.1) is 0 Å². The monoisotopic (exact) mass is 262 g/mol. The van der Waals surface area contributed by atoms with Crippen molar-refractivity contribution in [2.24, 2.45) is 5.73 Å². The summed E-state index contributed by atoms with van der Waals surface area (Å²) in [6.07, 6.45) is -5.10. The summed E-state index contributed by atoms with van der Waals surface area (Å²) < 4.78 is 4.53. The Hall–Kier alpha value is -1.22. The second-order valence-corrected chi connectivity index (χ2v) is 4.07. The lowest BCUT2D eigenvalue weighted by molar-refractivity contribution is -0.153. The second kappa shape index (κ2) is 6.64. The van der Waals surface area contributed by atoms with Crippen LogP contribution in [0.25, 0.3) is 0 Å². The van der Waals surface area contributed by atoms with E-state index in [1.165, 1.54) is 0 Å². The maximum absolute atomic E-state index is 11.5. The summed E-state index contributed by atoms with van der Waals surface area (Å²) in [5.41, 5.74) is 5.27. The molecular weight excluding hydrogens is 244 g/mol. The molecule has 0 aromatic rings. The van der Waals surface area contributed by atoms with Gasteiger partial charge in [-0.25, -0.2) is 4.79 Å². The van der Waals surface area contributed by atoms with E-state index in [0.717, 1.165) is 6.42 Å². The van der Waals surface area contributed by atoms with E-state index >= 15 is 0 Å². The fraction of sp³-hybridized carbons (Fsp3) is 0.800. The number of aliphatic hydroxyl groups excluding tert-OH is 3. The first-order valence-electron chi connectivity index (χ1n) is 5.71. The normalized spacial score (nSPS) is 28.9. The van der Waals surface area contributed by atoms with Crippen LogP contribution in [-0.2, 0) is 14.3 Å². The van der Waals surface area contributed by atoms with Crippen molar-refractivity contribution in [2.45, 2.75) is 37.3 Å². The molecule has 1 rings (SSSR count). The van der Waals surface area contributed by atoms with Crippen molar-refractivity contribution in [1.82, 2.24) is 5.32 Å². The lowest BCUT2D eigenvalue weighted by atomic mass is 10.1. The van der Waals surface area contributed by atoms with Crippen molar-refractivity contribution in [3.8, 4) is 0 Å². The van der Waals surface area contributed by atoms with Gasteiger partial charge >= 0.3 is 5.97 Å². The summed E-state index contributed by atoms with van der Waals surface area (Å²) in [4.78, 5) is 22.4. The Morgan fingerprint density at radius 3 is 2.61 bits per heavy atom. The molecule has 1 amide bonds. The molecule has 8 heteroatoms. The van der Waals surface area contributed by atoms with Gasteiger partial charge in [-0.05, 0) is 19.4 Å². The van der Waals surface area contributed by atoms with Crippen molar-refractivity contribution < 1.29 is 29.6 Å². The lowest BCUT2D eigenvalue weighted by Gasteiger charge is -2.19. The summed E-state index contributed by atoms with van der Waals surface area (Å²) >= 11 is 0. The number of nitrogens with two attached hydrogens (primary N) is 1. The first-order chi connectivity index (χ1) is 8.49. The van der Waals surface area contributed by atoms with E-state index in [2.05, 4.69) is 10.1 Å². The van der Waals surface area contributed by atoms with Crippen LogP contribution in [0.3, 0.4) is 0 Å². The molecule has 0 bridgehead atoms. The molecule has 104 valence electrons. The molecule has 8 nitrogen and oxygen atoms in total. The number of cyclic esters (lactones) is 1. The number of hydrogen-bond acceptors (Lipinski definition) is 7. The van der Waals surface area contributed by atoms with E-state index in [4.69, 9.17) is 10.8 Å². The molecule has 0 saturated carbocycles. The van der Waals surface area contributed by atoms with Crippen molar-refractivity contribution in [3.63, 3.8) is 0 Å². The highest BCUT2D eigenvalue weighted by atomic mass is 16.6. The number of aliphatic hydroxyl groups is 3. The highest BCUT2D eigenvalue weighted by molar-refractivity contribution is 5.84. The minimum atomic E-state index is -1.73. The predicted molar refractivity (Wildman–Crippen MR) is 59.2 cm³/mol. The van der Waals surface area contributed by atoms with E-state index in [1.54, 1.807) is 0 Å². The zero-order chi connectivity index (χ0) is 13.7. The molecule has 0 aromatic heterocycles. The molecule has 1 aliphatic heterocycles. The topological polar surface area (TPSA) is 142 Å². The number of carbonyl (C=O) groups excluding carboxylic acids is 2. The van der Waals surface area contributed by atoms with Crippen LogP contribution in [0.5, 0.6) is 0 Å². The van der Waals surface area contributed by atoms with Crippen LogP contribution in [0.15, 0.2) is 0 Å². The summed E-state index contributed by atoms with van der Waals surface area (Å²) in [6, 6.07) is 0. The van der Waals surface area contributed by atoms with Gasteiger partial charge < -0.3 is 31.1 Å². The molecule has 18 heavy (non-hydrogen) atoms. The Morgan fingerprint density at radius 2 is 2.11 bits per heavy atom. The summed E-state index contributed by atoms with van der Waals surface area (Å²) in [7, 11) is 0. The van der Waals surface area contributed by atoms with Gasteiger partial charge in [-0.15, -0.1) is 0 Å². The highest BCUT2D eigenvalue weighted by Crippen LogP contribution is 2.19. The van der Waals surface area contributed by atoms with Gasteiger partial charge in [-0.1, -0.05) is 0 Å². The zero-order valence-corrected chi connectivity index (χ0v) is 9.78. The van der Waals surface area contributed by atoms with Crippen LogP contribution < -0.4 is 11.1 Å². The van der Waals surface area contributed by atoms with Gasteiger partial charge in [-0.3, -0.25) is 4.79 Å². The molecule has 0 aliphatic carbocycles. The minimum absolute atomic E-state index is 0.326. The van der Waals surface area contributed by atoms with E-state index in [-0.39, 0.29) is 0 Å². The van der Waals surface area contributed by atoms with Crippen LogP contribution in [0.1, 0.15) is 12.8 Å². The van der Waals surface area contributed by atoms with Crippen molar-refractivity contribution in [3.05, 3.63) is 0 Å². The van der Waals surface area contributed by atoms with E-state index < -0.39 is 36.3 Å².